The van der Waals surface area contributed by atoms with Gasteiger partial charge in [-0.05, 0) is 56.9 Å². The van der Waals surface area contributed by atoms with Gasteiger partial charge in [-0.25, -0.2) is 0 Å². The van der Waals surface area contributed by atoms with Gasteiger partial charge in [0.15, 0.2) is 5.78 Å². The summed E-state index contributed by atoms with van der Waals surface area (Å²) in [5.74, 6) is 1.23. The van der Waals surface area contributed by atoms with Crippen LogP contribution in [0.25, 0.3) is 0 Å². The van der Waals surface area contributed by atoms with Crippen molar-refractivity contribution in [1.82, 2.24) is 0 Å². The Balaban J connectivity index is 1.69. The second-order valence-corrected chi connectivity index (χ2v) is 5.45. The van der Waals surface area contributed by atoms with Crippen LogP contribution in [0.15, 0.2) is 24.3 Å². The number of carbonyl (C=O) groups is 1. The Labute approximate surface area is 113 Å². The first kappa shape index (κ1) is 12.7. The molecule has 1 aromatic carbocycles. The number of fused-ring (bicyclic) bond motifs is 2. The third-order valence-electron chi connectivity index (χ3n) is 4.11. The molecule has 2 saturated heterocycles. The van der Waals surface area contributed by atoms with Crippen molar-refractivity contribution in [3.8, 4) is 5.75 Å². The lowest BCUT2D eigenvalue weighted by Gasteiger charge is -2.27. The SMILES string of the molecule is CCOc1ccc(C(=O)C2CC3CCC(C2)O3)cc1. The molecule has 2 bridgehead atoms. The van der Waals surface area contributed by atoms with Crippen LogP contribution in [0.2, 0.25) is 0 Å². The van der Waals surface area contributed by atoms with Crippen molar-refractivity contribution >= 4 is 5.78 Å². The Morgan fingerprint density at radius 3 is 2.42 bits per heavy atom. The molecule has 0 aromatic heterocycles. The molecule has 2 unspecified atom stereocenters. The first-order valence-corrected chi connectivity index (χ1v) is 7.18. The van der Waals surface area contributed by atoms with E-state index in [2.05, 4.69) is 0 Å². The van der Waals surface area contributed by atoms with Gasteiger partial charge in [-0.3, -0.25) is 4.79 Å². The van der Waals surface area contributed by atoms with Crippen molar-refractivity contribution in [3.63, 3.8) is 0 Å². The van der Waals surface area contributed by atoms with Crippen molar-refractivity contribution in [2.45, 2.75) is 44.8 Å². The van der Waals surface area contributed by atoms with Crippen LogP contribution in [-0.4, -0.2) is 24.6 Å². The quantitative estimate of drug-likeness (QED) is 0.780. The van der Waals surface area contributed by atoms with Crippen LogP contribution in [0.3, 0.4) is 0 Å². The first-order valence-electron chi connectivity index (χ1n) is 7.18. The summed E-state index contributed by atoms with van der Waals surface area (Å²) in [5, 5.41) is 0. The standard InChI is InChI=1S/C16H20O3/c1-2-18-13-5-3-11(4-6-13)16(17)12-9-14-7-8-15(10-12)19-14/h3-6,12,14-15H,2,7-10H2,1H3. The van der Waals surface area contributed by atoms with Gasteiger partial charge in [-0.15, -0.1) is 0 Å². The monoisotopic (exact) mass is 260 g/mol. The van der Waals surface area contributed by atoms with Crippen molar-refractivity contribution in [1.29, 1.82) is 0 Å². The topological polar surface area (TPSA) is 35.5 Å². The van der Waals surface area contributed by atoms with Crippen LogP contribution in [-0.2, 0) is 4.74 Å². The van der Waals surface area contributed by atoms with Crippen molar-refractivity contribution in [2.75, 3.05) is 6.61 Å². The van der Waals surface area contributed by atoms with E-state index in [1.165, 1.54) is 0 Å². The summed E-state index contributed by atoms with van der Waals surface area (Å²) in [4.78, 5) is 12.5. The number of Topliss-reactive ketones (excluding diaryl/α,β-unsaturated/α-hetero) is 1. The number of ether oxygens (including phenoxy) is 2. The maximum atomic E-state index is 12.5. The minimum absolute atomic E-state index is 0.143. The third-order valence-corrected chi connectivity index (χ3v) is 4.11. The average molecular weight is 260 g/mol. The second-order valence-electron chi connectivity index (χ2n) is 5.45. The highest BCUT2D eigenvalue weighted by Gasteiger charge is 2.38. The van der Waals surface area contributed by atoms with E-state index in [4.69, 9.17) is 9.47 Å². The summed E-state index contributed by atoms with van der Waals surface area (Å²) < 4.78 is 11.2. The van der Waals surface area contributed by atoms with Crippen molar-refractivity contribution < 1.29 is 14.3 Å². The number of benzene rings is 1. The van der Waals surface area contributed by atoms with Gasteiger partial charge in [0.05, 0.1) is 18.8 Å². The van der Waals surface area contributed by atoms with Crippen molar-refractivity contribution in [3.05, 3.63) is 29.8 Å². The van der Waals surface area contributed by atoms with E-state index >= 15 is 0 Å². The summed E-state index contributed by atoms with van der Waals surface area (Å²) in [7, 11) is 0. The molecule has 0 spiro atoms. The third kappa shape index (κ3) is 2.66. The Bertz CT molecular complexity index is 440. The van der Waals surface area contributed by atoms with Gasteiger partial charge in [0.2, 0.25) is 0 Å². The lowest BCUT2D eigenvalue weighted by Crippen LogP contribution is -2.30. The number of carbonyl (C=O) groups excluding carboxylic acids is 1. The van der Waals surface area contributed by atoms with E-state index in [9.17, 15) is 4.79 Å². The van der Waals surface area contributed by atoms with Crippen LogP contribution in [0.4, 0.5) is 0 Å². The van der Waals surface area contributed by atoms with E-state index in [0.29, 0.717) is 18.8 Å². The molecule has 0 aliphatic carbocycles. The molecule has 2 heterocycles. The summed E-state index contributed by atoms with van der Waals surface area (Å²) in [6.45, 7) is 2.60. The maximum Gasteiger partial charge on any atom is 0.166 e. The number of ketones is 1. The normalized spacial score (nSPS) is 29.2. The Morgan fingerprint density at radius 2 is 1.84 bits per heavy atom. The molecule has 0 N–H and O–H groups in total. The second kappa shape index (κ2) is 5.33. The number of hydrogen-bond acceptors (Lipinski definition) is 3. The predicted molar refractivity (Wildman–Crippen MR) is 72.6 cm³/mol. The van der Waals surface area contributed by atoms with Crippen LogP contribution < -0.4 is 4.74 Å². The molecule has 0 saturated carbocycles. The summed E-state index contributed by atoms with van der Waals surface area (Å²) in [5.41, 5.74) is 0.801. The van der Waals surface area contributed by atoms with E-state index in [1.807, 2.05) is 31.2 Å². The van der Waals surface area contributed by atoms with Gasteiger partial charge in [0.25, 0.3) is 0 Å². The summed E-state index contributed by atoms with van der Waals surface area (Å²) >= 11 is 0. The molecule has 2 aliphatic rings. The van der Waals surface area contributed by atoms with E-state index in [0.717, 1.165) is 37.0 Å². The smallest absolute Gasteiger partial charge is 0.166 e. The van der Waals surface area contributed by atoms with Gasteiger partial charge < -0.3 is 9.47 Å². The summed E-state index contributed by atoms with van der Waals surface area (Å²) in [6.07, 6.45) is 4.66. The molecule has 2 aliphatic heterocycles. The van der Waals surface area contributed by atoms with E-state index in [-0.39, 0.29) is 11.7 Å². The molecular weight excluding hydrogens is 240 g/mol. The minimum Gasteiger partial charge on any atom is -0.494 e. The molecule has 3 rings (SSSR count). The highest BCUT2D eigenvalue weighted by molar-refractivity contribution is 5.98. The highest BCUT2D eigenvalue weighted by atomic mass is 16.5. The van der Waals surface area contributed by atoms with Gasteiger partial charge in [-0.1, -0.05) is 0 Å². The zero-order chi connectivity index (χ0) is 13.2. The van der Waals surface area contributed by atoms with Crippen LogP contribution in [0.5, 0.6) is 5.75 Å². The van der Waals surface area contributed by atoms with Crippen LogP contribution in [0.1, 0.15) is 43.0 Å². The Hall–Kier alpha value is -1.35. The molecule has 3 heteroatoms. The fourth-order valence-electron chi connectivity index (χ4n) is 3.19. The van der Waals surface area contributed by atoms with Gasteiger partial charge in [0.1, 0.15) is 5.75 Å². The van der Waals surface area contributed by atoms with Gasteiger partial charge in [0, 0.05) is 11.5 Å². The predicted octanol–water partition coefficient (Wildman–Crippen LogP) is 3.23. The molecule has 2 atom stereocenters. The van der Waals surface area contributed by atoms with E-state index < -0.39 is 0 Å². The van der Waals surface area contributed by atoms with Crippen molar-refractivity contribution in [2.24, 2.45) is 5.92 Å². The maximum absolute atomic E-state index is 12.5. The zero-order valence-corrected chi connectivity index (χ0v) is 11.3. The molecule has 102 valence electrons. The molecule has 3 nitrogen and oxygen atoms in total. The number of rotatable bonds is 4. The summed E-state index contributed by atoms with van der Waals surface area (Å²) in [6, 6.07) is 7.52. The lowest BCUT2D eigenvalue weighted by molar-refractivity contribution is -0.0149. The molecule has 19 heavy (non-hydrogen) atoms. The number of hydrogen-bond donors (Lipinski definition) is 0. The average Bonchev–Trinajstić information content (AvgIpc) is 2.78. The highest BCUT2D eigenvalue weighted by Crippen LogP contribution is 2.37. The van der Waals surface area contributed by atoms with E-state index in [1.54, 1.807) is 0 Å². The molecule has 1 aromatic rings. The van der Waals surface area contributed by atoms with Crippen LogP contribution >= 0.6 is 0 Å². The minimum atomic E-state index is 0.143. The Morgan fingerprint density at radius 1 is 1.21 bits per heavy atom. The van der Waals surface area contributed by atoms with Gasteiger partial charge in [-0.2, -0.15) is 0 Å². The lowest BCUT2D eigenvalue weighted by atomic mass is 9.88. The molecular formula is C16H20O3. The fourth-order valence-corrected chi connectivity index (χ4v) is 3.19. The largest absolute Gasteiger partial charge is 0.494 e. The van der Waals surface area contributed by atoms with Crippen LogP contribution in [0, 0.1) is 5.92 Å². The zero-order valence-electron chi connectivity index (χ0n) is 11.3. The first-order chi connectivity index (χ1) is 9.26. The fraction of sp³-hybridized carbons (Fsp3) is 0.562. The molecule has 0 amide bonds. The molecule has 2 fully saturated rings. The molecule has 0 radical (unpaired) electrons. The van der Waals surface area contributed by atoms with Gasteiger partial charge >= 0.3 is 0 Å². The Kier molecular flexibility index (Phi) is 3.56.